The van der Waals surface area contributed by atoms with Gasteiger partial charge in [-0.1, -0.05) is 72.3 Å². The quantitative estimate of drug-likeness (QED) is 0.496. The van der Waals surface area contributed by atoms with Crippen LogP contribution in [0.4, 0.5) is 5.69 Å². The van der Waals surface area contributed by atoms with E-state index in [2.05, 4.69) is 5.32 Å². The molecule has 0 spiro atoms. The van der Waals surface area contributed by atoms with Gasteiger partial charge in [0.2, 0.25) is 5.91 Å². The first-order valence-corrected chi connectivity index (χ1v) is 10.9. The molecule has 3 rings (SSSR count). The van der Waals surface area contributed by atoms with Gasteiger partial charge in [-0.05, 0) is 55.7 Å². The first-order valence-electron chi connectivity index (χ1n) is 10.9. The highest BCUT2D eigenvalue weighted by atomic mass is 16.2. The number of carbonyl (C=O) groups excluding carboxylic acids is 2. The van der Waals surface area contributed by atoms with Gasteiger partial charge in [0.25, 0.3) is 5.91 Å². The Morgan fingerprint density at radius 1 is 0.906 bits per heavy atom. The van der Waals surface area contributed by atoms with E-state index in [-0.39, 0.29) is 24.3 Å². The van der Waals surface area contributed by atoms with Crippen LogP contribution in [0.1, 0.15) is 36.1 Å². The number of amides is 2. The first-order chi connectivity index (χ1) is 15.4. The summed E-state index contributed by atoms with van der Waals surface area (Å²) in [4.78, 5) is 27.2. The Morgan fingerprint density at radius 3 is 2.31 bits per heavy atom. The lowest BCUT2D eigenvalue weighted by molar-refractivity contribution is -0.121. The van der Waals surface area contributed by atoms with Crippen LogP contribution >= 0.6 is 0 Å². The first kappa shape index (κ1) is 23.0. The molecule has 0 radical (unpaired) electrons. The molecular weight excluding hydrogens is 396 g/mol. The molecule has 0 heterocycles. The summed E-state index contributed by atoms with van der Waals surface area (Å²) in [6.45, 7) is 6.37. The molecule has 32 heavy (non-hydrogen) atoms. The van der Waals surface area contributed by atoms with Gasteiger partial charge < -0.3 is 10.2 Å². The fraction of sp³-hybridized carbons (Fsp3) is 0.214. The summed E-state index contributed by atoms with van der Waals surface area (Å²) in [5.74, 6) is -0.143. The predicted octanol–water partition coefficient (Wildman–Crippen LogP) is 5.31. The molecule has 0 unspecified atom stereocenters. The highest BCUT2D eigenvalue weighted by Crippen LogP contribution is 2.21. The normalized spacial score (nSPS) is 11.0. The molecule has 0 bridgehead atoms. The fourth-order valence-corrected chi connectivity index (χ4v) is 3.39. The Labute approximate surface area is 190 Å². The van der Waals surface area contributed by atoms with Crippen molar-refractivity contribution in [1.29, 1.82) is 0 Å². The van der Waals surface area contributed by atoms with E-state index in [4.69, 9.17) is 0 Å². The minimum Gasteiger partial charge on any atom is -0.354 e. The molecule has 0 saturated heterocycles. The molecule has 164 valence electrons. The monoisotopic (exact) mass is 426 g/mol. The van der Waals surface area contributed by atoms with Crippen molar-refractivity contribution in [2.45, 2.75) is 39.8 Å². The van der Waals surface area contributed by atoms with E-state index in [0.717, 1.165) is 22.4 Å². The van der Waals surface area contributed by atoms with Crippen molar-refractivity contribution >= 4 is 23.6 Å². The van der Waals surface area contributed by atoms with Crippen molar-refractivity contribution in [3.05, 3.63) is 107 Å². The maximum Gasteiger partial charge on any atom is 0.251 e. The van der Waals surface area contributed by atoms with Gasteiger partial charge in [-0.15, -0.1) is 0 Å². The Bertz CT molecular complexity index is 1070. The van der Waals surface area contributed by atoms with Crippen molar-refractivity contribution in [1.82, 2.24) is 5.32 Å². The number of rotatable bonds is 8. The Hall–Kier alpha value is -3.66. The number of hydrogen-bond acceptors (Lipinski definition) is 2. The van der Waals surface area contributed by atoms with Crippen molar-refractivity contribution in [3.8, 4) is 0 Å². The zero-order valence-electron chi connectivity index (χ0n) is 18.9. The van der Waals surface area contributed by atoms with Gasteiger partial charge in [-0.2, -0.15) is 0 Å². The van der Waals surface area contributed by atoms with Gasteiger partial charge in [0, 0.05) is 17.8 Å². The number of anilines is 1. The molecule has 4 nitrogen and oxygen atoms in total. The summed E-state index contributed by atoms with van der Waals surface area (Å²) < 4.78 is 0. The Kier molecular flexibility index (Phi) is 7.98. The van der Waals surface area contributed by atoms with Crippen molar-refractivity contribution in [2.75, 3.05) is 4.90 Å². The summed E-state index contributed by atoms with van der Waals surface area (Å²) in [6.07, 6.45) is 3.70. The van der Waals surface area contributed by atoms with Crippen LogP contribution in [0.5, 0.6) is 0 Å². The average Bonchev–Trinajstić information content (AvgIpc) is 2.77. The van der Waals surface area contributed by atoms with Crippen LogP contribution in [-0.4, -0.2) is 17.9 Å². The molecule has 0 aliphatic carbocycles. The summed E-state index contributed by atoms with van der Waals surface area (Å²) in [7, 11) is 0. The maximum absolute atomic E-state index is 13.2. The lowest BCUT2D eigenvalue weighted by Crippen LogP contribution is -2.31. The minimum atomic E-state index is -0.113. The standard InChI is InChI=1S/C28H30N2O2/c1-21(2)29-27(31)19-25-10-7-11-26(18-25)30(20-24-14-12-22(3)13-15-24)28(32)17-16-23-8-5-4-6-9-23/h4-18,21H,19-20H2,1-3H3,(H,29,31). The van der Waals surface area contributed by atoms with E-state index in [1.54, 1.807) is 11.0 Å². The van der Waals surface area contributed by atoms with Gasteiger partial charge in [0.15, 0.2) is 0 Å². The molecule has 0 aliphatic rings. The van der Waals surface area contributed by atoms with Crippen LogP contribution in [0.15, 0.2) is 84.9 Å². The summed E-state index contributed by atoms with van der Waals surface area (Å²) in [5.41, 5.74) is 4.82. The zero-order chi connectivity index (χ0) is 22.9. The highest BCUT2D eigenvalue weighted by molar-refractivity contribution is 6.03. The van der Waals surface area contributed by atoms with Gasteiger partial charge in [0.05, 0.1) is 13.0 Å². The molecule has 0 fully saturated rings. The number of nitrogens with zero attached hydrogens (tertiary/aromatic N) is 1. The molecular formula is C28H30N2O2. The van der Waals surface area contributed by atoms with Gasteiger partial charge in [0.1, 0.15) is 0 Å². The average molecular weight is 427 g/mol. The van der Waals surface area contributed by atoms with Gasteiger partial charge in [-0.25, -0.2) is 0 Å². The third-order valence-electron chi connectivity index (χ3n) is 4.98. The minimum absolute atomic E-state index is 0.0301. The molecule has 4 heteroatoms. The second-order valence-corrected chi connectivity index (χ2v) is 8.22. The fourth-order valence-electron chi connectivity index (χ4n) is 3.39. The lowest BCUT2D eigenvalue weighted by Gasteiger charge is -2.22. The summed E-state index contributed by atoms with van der Waals surface area (Å²) in [6, 6.07) is 25.7. The molecule has 0 atom stereocenters. The number of nitrogens with one attached hydrogen (secondary N) is 1. The highest BCUT2D eigenvalue weighted by Gasteiger charge is 2.15. The predicted molar refractivity (Wildman–Crippen MR) is 131 cm³/mol. The van der Waals surface area contributed by atoms with Crippen LogP contribution in [0.3, 0.4) is 0 Å². The molecule has 0 aromatic heterocycles. The Morgan fingerprint density at radius 2 is 1.62 bits per heavy atom. The summed E-state index contributed by atoms with van der Waals surface area (Å²) >= 11 is 0. The van der Waals surface area contributed by atoms with E-state index in [1.165, 1.54) is 5.56 Å². The van der Waals surface area contributed by atoms with Crippen LogP contribution < -0.4 is 10.2 Å². The molecule has 3 aromatic rings. The van der Waals surface area contributed by atoms with E-state index < -0.39 is 0 Å². The number of carbonyl (C=O) groups is 2. The molecule has 3 aromatic carbocycles. The van der Waals surface area contributed by atoms with E-state index in [0.29, 0.717) is 6.54 Å². The maximum atomic E-state index is 13.2. The van der Waals surface area contributed by atoms with E-state index >= 15 is 0 Å². The second kappa shape index (κ2) is 11.1. The van der Waals surface area contributed by atoms with Crippen LogP contribution in [0.25, 0.3) is 6.08 Å². The number of aryl methyl sites for hydroxylation is 1. The molecule has 2 amide bonds. The summed E-state index contributed by atoms with van der Waals surface area (Å²) in [5, 5.41) is 2.92. The van der Waals surface area contributed by atoms with Crippen LogP contribution in [0.2, 0.25) is 0 Å². The van der Waals surface area contributed by atoms with Crippen molar-refractivity contribution in [3.63, 3.8) is 0 Å². The topological polar surface area (TPSA) is 49.4 Å². The molecule has 0 aliphatic heterocycles. The Balaban J connectivity index is 1.87. The third kappa shape index (κ3) is 6.95. The zero-order valence-corrected chi connectivity index (χ0v) is 18.9. The smallest absolute Gasteiger partial charge is 0.251 e. The third-order valence-corrected chi connectivity index (χ3v) is 4.98. The van der Waals surface area contributed by atoms with Crippen LogP contribution in [0, 0.1) is 6.92 Å². The lowest BCUT2D eigenvalue weighted by atomic mass is 10.1. The van der Waals surface area contributed by atoms with E-state index in [9.17, 15) is 9.59 Å². The number of benzene rings is 3. The van der Waals surface area contributed by atoms with Crippen molar-refractivity contribution in [2.24, 2.45) is 0 Å². The van der Waals surface area contributed by atoms with Gasteiger partial charge in [-0.3, -0.25) is 9.59 Å². The second-order valence-electron chi connectivity index (χ2n) is 8.22. The molecule has 0 saturated carbocycles. The van der Waals surface area contributed by atoms with Crippen LogP contribution in [-0.2, 0) is 22.6 Å². The number of hydrogen-bond donors (Lipinski definition) is 1. The van der Waals surface area contributed by atoms with Gasteiger partial charge >= 0.3 is 0 Å². The SMILES string of the molecule is Cc1ccc(CN(C(=O)C=Cc2ccccc2)c2cccc(CC(=O)NC(C)C)c2)cc1. The van der Waals surface area contributed by atoms with E-state index in [1.807, 2.05) is 106 Å². The largest absolute Gasteiger partial charge is 0.354 e. The van der Waals surface area contributed by atoms with Crippen molar-refractivity contribution < 1.29 is 9.59 Å². The molecule has 1 N–H and O–H groups in total.